The molecule has 1 aromatic rings. The predicted octanol–water partition coefficient (Wildman–Crippen LogP) is 1.32. The van der Waals surface area contributed by atoms with E-state index in [1.165, 1.54) is 10.5 Å². The molecular weight excluding hydrogens is 380 g/mol. The van der Waals surface area contributed by atoms with Gasteiger partial charge in [0.2, 0.25) is 0 Å². The lowest BCUT2D eigenvalue weighted by Crippen LogP contribution is -2.64. The Morgan fingerprint density at radius 2 is 1.90 bits per heavy atom. The molecule has 3 amide bonds. The van der Waals surface area contributed by atoms with E-state index >= 15 is 0 Å². The van der Waals surface area contributed by atoms with Gasteiger partial charge in [-0.15, -0.1) is 0 Å². The van der Waals surface area contributed by atoms with Gasteiger partial charge in [0.1, 0.15) is 0 Å². The van der Waals surface area contributed by atoms with Crippen molar-refractivity contribution in [3.8, 4) is 0 Å². The molecule has 2 unspecified atom stereocenters. The maximum Gasteiger partial charge on any atom is 0.325 e. The van der Waals surface area contributed by atoms with Crippen molar-refractivity contribution >= 4 is 17.9 Å². The summed E-state index contributed by atoms with van der Waals surface area (Å²) in [4.78, 5) is 38.2. The summed E-state index contributed by atoms with van der Waals surface area (Å²) in [6.45, 7) is 11.9. The Hall–Kier alpha value is -2.61. The second kappa shape index (κ2) is 8.26. The van der Waals surface area contributed by atoms with Crippen LogP contribution in [0.1, 0.15) is 25.0 Å². The minimum absolute atomic E-state index is 0.270. The Bertz CT molecular complexity index is 846. The summed E-state index contributed by atoms with van der Waals surface area (Å²) >= 11 is 0. The summed E-state index contributed by atoms with van der Waals surface area (Å²) in [7, 11) is 1.71. The van der Waals surface area contributed by atoms with Crippen LogP contribution >= 0.6 is 0 Å². The SMILES string of the molecule is Cc1cccc(CN2C(N3CCN(CC(C)C)CC3)=NC3C2C(=O)NC(=O)N3C)c1. The van der Waals surface area contributed by atoms with Gasteiger partial charge in [-0.25, -0.2) is 9.79 Å². The molecule has 1 aromatic carbocycles. The highest BCUT2D eigenvalue weighted by molar-refractivity contribution is 6.03. The van der Waals surface area contributed by atoms with Crippen LogP contribution in [-0.2, 0) is 11.3 Å². The topological polar surface area (TPSA) is 71.5 Å². The van der Waals surface area contributed by atoms with E-state index in [9.17, 15) is 9.59 Å². The number of guanidine groups is 1. The normalized spacial score (nSPS) is 25.0. The third-order valence-electron chi connectivity index (χ3n) is 6.05. The fraction of sp³-hybridized carbons (Fsp3) is 0.591. The van der Waals surface area contributed by atoms with Crippen LogP contribution in [0.2, 0.25) is 0 Å². The third kappa shape index (κ3) is 4.01. The van der Waals surface area contributed by atoms with Gasteiger partial charge in [0.25, 0.3) is 5.91 Å². The van der Waals surface area contributed by atoms with Crippen molar-refractivity contribution in [3.05, 3.63) is 35.4 Å². The molecule has 2 saturated heterocycles. The number of fused-ring (bicyclic) bond motifs is 1. The molecular formula is C22H32N6O2. The Labute approximate surface area is 178 Å². The first-order chi connectivity index (χ1) is 14.3. The van der Waals surface area contributed by atoms with Gasteiger partial charge < -0.3 is 14.7 Å². The number of imide groups is 1. The maximum atomic E-state index is 12.8. The molecule has 0 aromatic heterocycles. The van der Waals surface area contributed by atoms with Crippen LogP contribution in [0, 0.1) is 12.8 Å². The largest absolute Gasteiger partial charge is 0.340 e. The number of hydrogen-bond donors (Lipinski definition) is 1. The zero-order valence-corrected chi connectivity index (χ0v) is 18.3. The lowest BCUT2D eigenvalue weighted by atomic mass is 10.1. The lowest BCUT2D eigenvalue weighted by molar-refractivity contribution is -0.127. The van der Waals surface area contributed by atoms with E-state index in [1.54, 1.807) is 7.05 Å². The summed E-state index contributed by atoms with van der Waals surface area (Å²) in [6.07, 6.45) is -0.486. The van der Waals surface area contributed by atoms with Gasteiger partial charge in [0.05, 0.1) is 0 Å². The van der Waals surface area contributed by atoms with E-state index in [0.29, 0.717) is 12.5 Å². The molecule has 2 fully saturated rings. The van der Waals surface area contributed by atoms with E-state index < -0.39 is 12.2 Å². The van der Waals surface area contributed by atoms with Crippen molar-refractivity contribution in [3.63, 3.8) is 0 Å². The minimum atomic E-state index is -0.503. The molecule has 30 heavy (non-hydrogen) atoms. The van der Waals surface area contributed by atoms with Gasteiger partial charge in [0, 0.05) is 46.3 Å². The molecule has 0 spiro atoms. The van der Waals surface area contributed by atoms with Crippen LogP contribution in [0.4, 0.5) is 4.79 Å². The van der Waals surface area contributed by atoms with Crippen molar-refractivity contribution in [1.29, 1.82) is 0 Å². The molecule has 8 heteroatoms. The second-order valence-corrected chi connectivity index (χ2v) is 8.99. The molecule has 4 rings (SSSR count). The molecule has 8 nitrogen and oxygen atoms in total. The number of likely N-dealkylation sites (N-methyl/N-ethyl adjacent to an activating group) is 1. The standard InChI is InChI=1S/C22H32N6O2/c1-15(2)13-26-8-10-27(11-9-26)21-23-19-18(20(29)24-22(30)25(19)4)28(21)14-17-7-5-6-16(3)12-17/h5-7,12,15,18-19H,8-11,13-14H2,1-4H3,(H,24,29,30). The Morgan fingerprint density at radius 1 is 1.17 bits per heavy atom. The van der Waals surface area contributed by atoms with E-state index in [-0.39, 0.29) is 11.9 Å². The van der Waals surface area contributed by atoms with E-state index in [2.05, 4.69) is 59.0 Å². The highest BCUT2D eigenvalue weighted by Gasteiger charge is 2.49. The number of nitrogens with one attached hydrogen (secondary N) is 1. The van der Waals surface area contributed by atoms with Crippen LogP contribution in [0.15, 0.2) is 29.3 Å². The highest BCUT2D eigenvalue weighted by Crippen LogP contribution is 2.28. The molecule has 0 aliphatic carbocycles. The second-order valence-electron chi connectivity index (χ2n) is 8.99. The molecule has 3 aliphatic rings. The summed E-state index contributed by atoms with van der Waals surface area (Å²) in [5.41, 5.74) is 2.32. The zero-order chi connectivity index (χ0) is 21.4. The summed E-state index contributed by atoms with van der Waals surface area (Å²) in [5, 5.41) is 2.49. The molecule has 162 valence electrons. The van der Waals surface area contributed by atoms with E-state index in [0.717, 1.165) is 44.2 Å². The molecule has 0 bridgehead atoms. The number of benzene rings is 1. The summed E-state index contributed by atoms with van der Waals surface area (Å²) in [5.74, 6) is 1.20. The van der Waals surface area contributed by atoms with Gasteiger partial charge in [-0.2, -0.15) is 0 Å². The molecule has 0 radical (unpaired) electrons. The number of piperazine rings is 1. The van der Waals surface area contributed by atoms with Crippen molar-refractivity contribution in [2.24, 2.45) is 10.9 Å². The summed E-state index contributed by atoms with van der Waals surface area (Å²) in [6, 6.07) is 7.44. The quantitative estimate of drug-likeness (QED) is 0.808. The van der Waals surface area contributed by atoms with Crippen LogP contribution in [0.5, 0.6) is 0 Å². The van der Waals surface area contributed by atoms with Crippen molar-refractivity contribution in [2.45, 2.75) is 39.5 Å². The number of rotatable bonds is 4. The minimum Gasteiger partial charge on any atom is -0.340 e. The van der Waals surface area contributed by atoms with Gasteiger partial charge >= 0.3 is 6.03 Å². The molecule has 3 heterocycles. The van der Waals surface area contributed by atoms with Crippen LogP contribution < -0.4 is 5.32 Å². The predicted molar refractivity (Wildman–Crippen MR) is 116 cm³/mol. The average molecular weight is 413 g/mol. The fourth-order valence-electron chi connectivity index (χ4n) is 4.60. The third-order valence-corrected chi connectivity index (χ3v) is 6.05. The van der Waals surface area contributed by atoms with Gasteiger partial charge in [-0.3, -0.25) is 15.0 Å². The first kappa shape index (κ1) is 20.7. The fourth-order valence-corrected chi connectivity index (χ4v) is 4.60. The number of carbonyl (C=O) groups is 2. The van der Waals surface area contributed by atoms with E-state index in [1.807, 2.05) is 6.07 Å². The number of hydrogen-bond acceptors (Lipinski definition) is 6. The Morgan fingerprint density at radius 3 is 2.57 bits per heavy atom. The van der Waals surface area contributed by atoms with Crippen molar-refractivity contribution in [2.75, 3.05) is 39.8 Å². The van der Waals surface area contributed by atoms with Crippen molar-refractivity contribution in [1.82, 2.24) is 24.9 Å². The molecule has 3 aliphatic heterocycles. The first-order valence-electron chi connectivity index (χ1n) is 10.8. The number of aryl methyl sites for hydroxylation is 1. The molecule has 2 atom stereocenters. The van der Waals surface area contributed by atoms with E-state index in [4.69, 9.17) is 4.99 Å². The Balaban J connectivity index is 1.59. The van der Waals surface area contributed by atoms with Gasteiger partial charge in [-0.1, -0.05) is 43.7 Å². The smallest absolute Gasteiger partial charge is 0.325 e. The number of urea groups is 1. The number of aliphatic imine (C=N–C) groups is 1. The van der Waals surface area contributed by atoms with Crippen LogP contribution in [0.25, 0.3) is 0 Å². The Kier molecular flexibility index (Phi) is 5.69. The number of carbonyl (C=O) groups excluding carboxylic acids is 2. The monoisotopic (exact) mass is 412 g/mol. The van der Waals surface area contributed by atoms with Crippen LogP contribution in [-0.4, -0.2) is 89.5 Å². The highest BCUT2D eigenvalue weighted by atomic mass is 16.2. The zero-order valence-electron chi connectivity index (χ0n) is 18.3. The van der Waals surface area contributed by atoms with Crippen molar-refractivity contribution < 1.29 is 9.59 Å². The average Bonchev–Trinajstić information content (AvgIpc) is 3.06. The van der Waals surface area contributed by atoms with Gasteiger partial charge in [-0.05, 0) is 18.4 Å². The van der Waals surface area contributed by atoms with Gasteiger partial charge in [0.15, 0.2) is 18.2 Å². The molecule has 1 N–H and O–H groups in total. The molecule has 0 saturated carbocycles. The maximum absolute atomic E-state index is 12.8. The lowest BCUT2D eigenvalue weighted by Gasteiger charge is -2.40. The number of amides is 3. The van der Waals surface area contributed by atoms with Crippen LogP contribution in [0.3, 0.4) is 0 Å². The summed E-state index contributed by atoms with van der Waals surface area (Å²) < 4.78 is 0. The number of nitrogens with zero attached hydrogens (tertiary/aromatic N) is 5. The first-order valence-corrected chi connectivity index (χ1v) is 10.8.